The molecule has 8 nitrogen and oxygen atoms in total. The second-order valence-electron chi connectivity index (χ2n) is 8.19. The zero-order valence-corrected chi connectivity index (χ0v) is 15.7. The maximum atomic E-state index is 11.2. The fraction of sp³-hybridized carbons (Fsp3) is 0.588. The van der Waals surface area contributed by atoms with Crippen LogP contribution in [0.5, 0.6) is 0 Å². The van der Waals surface area contributed by atoms with Crippen LogP contribution in [-0.2, 0) is 5.54 Å². The summed E-state index contributed by atoms with van der Waals surface area (Å²) in [6, 6.07) is 2.81. The molecule has 4 bridgehead atoms. The summed E-state index contributed by atoms with van der Waals surface area (Å²) in [4.78, 5) is 12.5. The smallest absolute Gasteiger partial charge is 0.271 e. The zero-order chi connectivity index (χ0) is 18.1. The van der Waals surface area contributed by atoms with Crippen molar-refractivity contribution in [3.63, 3.8) is 0 Å². The molecule has 6 rings (SSSR count). The van der Waals surface area contributed by atoms with Gasteiger partial charge in [0.05, 0.1) is 21.7 Å². The second-order valence-corrected chi connectivity index (χ2v) is 9.04. The van der Waals surface area contributed by atoms with Crippen LogP contribution in [0.2, 0.25) is 0 Å². The normalized spacial score (nSPS) is 32.1. The number of nitrogen functional groups attached to an aromatic ring is 1. The summed E-state index contributed by atoms with van der Waals surface area (Å²) in [5, 5.41) is 24.4. The molecule has 0 spiro atoms. The number of nitro groups is 1. The molecule has 4 aliphatic carbocycles. The van der Waals surface area contributed by atoms with Gasteiger partial charge in [-0.3, -0.25) is 10.1 Å². The molecule has 0 atom stereocenters. The lowest BCUT2D eigenvalue weighted by atomic mass is 9.53. The van der Waals surface area contributed by atoms with Crippen molar-refractivity contribution in [2.24, 2.45) is 17.8 Å². The first kappa shape index (κ1) is 16.2. The van der Waals surface area contributed by atoms with E-state index in [4.69, 9.17) is 5.73 Å². The molecule has 4 aliphatic rings. The van der Waals surface area contributed by atoms with Gasteiger partial charge in [-0.2, -0.15) is 4.80 Å². The average Bonchev–Trinajstić information content (AvgIpc) is 3.06. The molecular weight excluding hydrogens is 400 g/mol. The van der Waals surface area contributed by atoms with E-state index in [0.717, 1.165) is 37.0 Å². The number of anilines is 1. The van der Waals surface area contributed by atoms with Gasteiger partial charge in [0.25, 0.3) is 5.69 Å². The summed E-state index contributed by atoms with van der Waals surface area (Å²) in [6.07, 6.45) is 7.36. The summed E-state index contributed by atoms with van der Waals surface area (Å²) < 4.78 is 0.466. The Labute approximate surface area is 158 Å². The molecule has 2 aromatic rings. The number of aromatic nitrogens is 4. The van der Waals surface area contributed by atoms with Crippen molar-refractivity contribution in [2.45, 2.75) is 44.1 Å². The average molecular weight is 419 g/mol. The Hall–Kier alpha value is -2.03. The third-order valence-corrected chi connectivity index (χ3v) is 7.07. The first-order valence-electron chi connectivity index (χ1n) is 8.98. The predicted molar refractivity (Wildman–Crippen MR) is 98.2 cm³/mol. The van der Waals surface area contributed by atoms with Gasteiger partial charge in [0.2, 0.25) is 5.82 Å². The molecular formula is C17H19BrN6O2. The minimum Gasteiger partial charge on any atom is -0.397 e. The number of halogens is 1. The maximum absolute atomic E-state index is 11.2. The quantitative estimate of drug-likeness (QED) is 0.463. The lowest BCUT2D eigenvalue weighted by Crippen LogP contribution is -2.52. The number of hydrogen-bond acceptors (Lipinski definition) is 6. The van der Waals surface area contributed by atoms with E-state index in [1.807, 2.05) is 0 Å². The Morgan fingerprint density at radius 3 is 2.38 bits per heavy atom. The minimum absolute atomic E-state index is 0.0350. The van der Waals surface area contributed by atoms with Gasteiger partial charge in [-0.1, -0.05) is 0 Å². The van der Waals surface area contributed by atoms with Crippen LogP contribution in [0.1, 0.15) is 38.5 Å². The van der Waals surface area contributed by atoms with Crippen molar-refractivity contribution in [2.75, 3.05) is 5.73 Å². The highest BCUT2D eigenvalue weighted by molar-refractivity contribution is 9.10. The van der Waals surface area contributed by atoms with E-state index in [0.29, 0.717) is 21.5 Å². The van der Waals surface area contributed by atoms with Crippen molar-refractivity contribution in [1.29, 1.82) is 0 Å². The lowest BCUT2D eigenvalue weighted by Gasteiger charge is -2.55. The van der Waals surface area contributed by atoms with E-state index < -0.39 is 4.92 Å². The third kappa shape index (κ3) is 2.36. The molecule has 1 heterocycles. The zero-order valence-electron chi connectivity index (χ0n) is 14.1. The minimum atomic E-state index is -0.447. The molecule has 2 N–H and O–H groups in total. The van der Waals surface area contributed by atoms with Crippen LogP contribution < -0.4 is 5.73 Å². The number of nitrogens with two attached hydrogens (primary N) is 1. The molecule has 4 fully saturated rings. The van der Waals surface area contributed by atoms with E-state index in [-0.39, 0.29) is 11.2 Å². The van der Waals surface area contributed by atoms with Crippen LogP contribution in [0.15, 0.2) is 16.6 Å². The number of nitro benzene ring substituents is 1. The Bertz CT molecular complexity index is 875. The number of rotatable bonds is 3. The molecule has 1 aromatic heterocycles. The fourth-order valence-corrected chi connectivity index (χ4v) is 6.18. The largest absolute Gasteiger partial charge is 0.397 e. The van der Waals surface area contributed by atoms with E-state index >= 15 is 0 Å². The Balaban J connectivity index is 1.55. The molecule has 1 aromatic carbocycles. The molecule has 4 saturated carbocycles. The summed E-state index contributed by atoms with van der Waals surface area (Å²) in [5.41, 5.74) is 6.86. The van der Waals surface area contributed by atoms with Crippen molar-refractivity contribution in [3.8, 4) is 11.4 Å². The van der Waals surface area contributed by atoms with Gasteiger partial charge >= 0.3 is 0 Å². The highest BCUT2D eigenvalue weighted by Gasteiger charge is 2.53. The molecule has 0 amide bonds. The number of non-ortho nitro benzene ring substituents is 1. The Morgan fingerprint density at radius 2 is 1.81 bits per heavy atom. The summed E-state index contributed by atoms with van der Waals surface area (Å²) in [5.74, 6) is 2.66. The molecule has 9 heteroatoms. The number of hydrogen-bond donors (Lipinski definition) is 1. The van der Waals surface area contributed by atoms with E-state index in [9.17, 15) is 10.1 Å². The van der Waals surface area contributed by atoms with E-state index in [1.54, 1.807) is 4.80 Å². The maximum Gasteiger partial charge on any atom is 0.271 e. The number of benzene rings is 1. The number of nitrogens with zero attached hydrogens (tertiary/aromatic N) is 5. The van der Waals surface area contributed by atoms with E-state index in [1.165, 1.54) is 31.4 Å². The number of tetrazole rings is 1. The second kappa shape index (κ2) is 5.48. The SMILES string of the molecule is Nc1c(Br)cc([N+](=O)[O-])cc1-c1nnn(C23CC4CC(CC(C4)C2)C3)n1. The van der Waals surface area contributed by atoms with Crippen molar-refractivity contribution in [3.05, 3.63) is 26.7 Å². The van der Waals surface area contributed by atoms with Crippen LogP contribution >= 0.6 is 15.9 Å². The Kier molecular flexibility index (Phi) is 3.41. The van der Waals surface area contributed by atoms with Crippen LogP contribution in [0.25, 0.3) is 11.4 Å². The van der Waals surface area contributed by atoms with Gasteiger partial charge in [0, 0.05) is 16.6 Å². The molecule has 0 saturated heterocycles. The monoisotopic (exact) mass is 418 g/mol. The molecule has 0 aliphatic heterocycles. The van der Waals surface area contributed by atoms with Gasteiger partial charge in [-0.05, 0) is 77.4 Å². The summed E-state index contributed by atoms with van der Waals surface area (Å²) in [6.45, 7) is 0. The Morgan fingerprint density at radius 1 is 1.19 bits per heavy atom. The topological polar surface area (TPSA) is 113 Å². The molecule has 0 radical (unpaired) electrons. The summed E-state index contributed by atoms with van der Waals surface area (Å²) >= 11 is 3.29. The van der Waals surface area contributed by atoms with E-state index in [2.05, 4.69) is 31.3 Å². The first-order chi connectivity index (χ1) is 12.4. The van der Waals surface area contributed by atoms with Crippen molar-refractivity contribution >= 4 is 27.3 Å². The fourth-order valence-electron chi connectivity index (χ4n) is 5.73. The third-order valence-electron chi connectivity index (χ3n) is 6.41. The summed E-state index contributed by atoms with van der Waals surface area (Å²) in [7, 11) is 0. The van der Waals surface area contributed by atoms with Crippen LogP contribution in [0, 0.1) is 27.9 Å². The molecule has 136 valence electrons. The lowest BCUT2D eigenvalue weighted by molar-refractivity contribution is -0.384. The molecule has 26 heavy (non-hydrogen) atoms. The standard InChI is InChI=1S/C17H19BrN6O2/c18-14-5-12(23(25)26)4-13(15(14)19)16-20-22-24(21-16)17-6-9-1-10(7-17)3-11(2-9)8-17/h4-5,9-11H,1-3,6-8,19H2. The highest BCUT2D eigenvalue weighted by atomic mass is 79.9. The van der Waals surface area contributed by atoms with Crippen molar-refractivity contribution in [1.82, 2.24) is 20.2 Å². The van der Waals surface area contributed by atoms with Gasteiger partial charge in [0.1, 0.15) is 0 Å². The predicted octanol–water partition coefficient (Wildman–Crippen LogP) is 3.52. The van der Waals surface area contributed by atoms with Gasteiger partial charge in [-0.25, -0.2) is 0 Å². The highest BCUT2D eigenvalue weighted by Crippen LogP contribution is 2.58. The van der Waals surface area contributed by atoms with Crippen molar-refractivity contribution < 1.29 is 4.92 Å². The molecule has 0 unspecified atom stereocenters. The van der Waals surface area contributed by atoms with Crippen LogP contribution in [0.3, 0.4) is 0 Å². The van der Waals surface area contributed by atoms with Crippen LogP contribution in [-0.4, -0.2) is 25.1 Å². The van der Waals surface area contributed by atoms with Gasteiger partial charge < -0.3 is 5.73 Å². The van der Waals surface area contributed by atoms with Gasteiger partial charge in [-0.15, -0.1) is 10.2 Å². The van der Waals surface area contributed by atoms with Gasteiger partial charge in [0.15, 0.2) is 0 Å². The first-order valence-corrected chi connectivity index (χ1v) is 9.77. The van der Waals surface area contributed by atoms with Crippen LogP contribution in [0.4, 0.5) is 11.4 Å².